The van der Waals surface area contributed by atoms with E-state index < -0.39 is 0 Å². The van der Waals surface area contributed by atoms with Gasteiger partial charge in [0, 0.05) is 22.7 Å². The second-order valence-electron chi connectivity index (χ2n) is 11.6. The summed E-state index contributed by atoms with van der Waals surface area (Å²) in [5.41, 5.74) is 4.96. The number of hydrogen-bond acceptors (Lipinski definition) is 6. The molecule has 38 heavy (non-hydrogen) atoms. The van der Waals surface area contributed by atoms with Gasteiger partial charge in [0.2, 0.25) is 0 Å². The van der Waals surface area contributed by atoms with Crippen molar-refractivity contribution in [3.8, 4) is 5.75 Å². The molecule has 194 valence electrons. The van der Waals surface area contributed by atoms with Crippen LogP contribution in [0.3, 0.4) is 0 Å². The van der Waals surface area contributed by atoms with Crippen LogP contribution in [0, 0.1) is 0 Å². The maximum absolute atomic E-state index is 6.83. The fourth-order valence-electron chi connectivity index (χ4n) is 5.22. The summed E-state index contributed by atoms with van der Waals surface area (Å²) < 4.78 is 19.0. The summed E-state index contributed by atoms with van der Waals surface area (Å²) >= 11 is 0. The lowest BCUT2D eigenvalue weighted by molar-refractivity contribution is 0.0989. The lowest BCUT2D eigenvalue weighted by atomic mass is 9.55. The highest BCUT2D eigenvalue weighted by Crippen LogP contribution is 2.28. The Labute approximate surface area is 224 Å². The first-order valence-electron chi connectivity index (χ1n) is 13.3. The number of nitrogens with one attached hydrogen (secondary N) is 2. The molecule has 0 spiro atoms. The summed E-state index contributed by atoms with van der Waals surface area (Å²) in [7, 11) is 0. The van der Waals surface area contributed by atoms with Gasteiger partial charge < -0.3 is 14.1 Å². The van der Waals surface area contributed by atoms with Gasteiger partial charge in [-0.1, -0.05) is 66.7 Å². The van der Waals surface area contributed by atoms with Crippen molar-refractivity contribution in [3.05, 3.63) is 96.2 Å². The summed E-state index contributed by atoms with van der Waals surface area (Å²) in [5, 5.41) is 8.21. The third kappa shape index (κ3) is 5.20. The minimum absolute atomic E-state index is 0.0679. The molecule has 0 amide bonds. The number of rotatable bonds is 6. The van der Waals surface area contributed by atoms with Crippen LogP contribution in [0.1, 0.15) is 51.3 Å². The number of ether oxygens (including phenoxy) is 2. The van der Waals surface area contributed by atoms with Crippen LogP contribution in [0.5, 0.6) is 5.75 Å². The van der Waals surface area contributed by atoms with Crippen molar-refractivity contribution >= 4 is 28.7 Å². The smallest absolute Gasteiger partial charge is 0.426 e. The van der Waals surface area contributed by atoms with Gasteiger partial charge in [-0.2, -0.15) is 0 Å². The molecule has 0 aliphatic carbocycles. The third-order valence-electron chi connectivity index (χ3n) is 7.14. The Kier molecular flexibility index (Phi) is 6.48. The molecular weight excluding hydrogens is 473 g/mol. The van der Waals surface area contributed by atoms with Gasteiger partial charge in [-0.25, -0.2) is 0 Å². The van der Waals surface area contributed by atoms with Crippen LogP contribution in [-0.2, 0) is 9.47 Å². The Morgan fingerprint density at radius 1 is 0.763 bits per heavy atom. The zero-order valence-corrected chi connectivity index (χ0v) is 22.4. The number of benzene rings is 3. The predicted molar refractivity (Wildman–Crippen MR) is 152 cm³/mol. The molecule has 2 fully saturated rings. The van der Waals surface area contributed by atoms with Gasteiger partial charge in [-0.3, -0.25) is 15.6 Å². The minimum Gasteiger partial charge on any atom is -0.550 e. The fourth-order valence-corrected chi connectivity index (χ4v) is 5.22. The zero-order chi connectivity index (χ0) is 26.3. The number of nitrogens with zero attached hydrogens (tertiary/aromatic N) is 1. The first-order valence-corrected chi connectivity index (χ1v) is 13.3. The average Bonchev–Trinajstić information content (AvgIpc) is 3.48. The Bertz CT molecular complexity index is 1380. The number of fused-ring (bicyclic) bond motifs is 1. The van der Waals surface area contributed by atoms with Gasteiger partial charge >= 0.3 is 6.92 Å². The zero-order valence-electron chi connectivity index (χ0n) is 22.4. The van der Waals surface area contributed by atoms with Gasteiger partial charge in [-0.05, 0) is 61.9 Å². The van der Waals surface area contributed by atoms with E-state index in [0.29, 0.717) is 13.2 Å². The lowest BCUT2D eigenvalue weighted by Crippen LogP contribution is -2.48. The summed E-state index contributed by atoms with van der Waals surface area (Å²) in [6.07, 6.45) is 1.49. The van der Waals surface area contributed by atoms with E-state index in [2.05, 4.69) is 104 Å². The molecule has 2 aliphatic rings. The molecule has 0 bridgehead atoms. The van der Waals surface area contributed by atoms with Crippen molar-refractivity contribution in [2.45, 2.75) is 51.2 Å². The van der Waals surface area contributed by atoms with Crippen molar-refractivity contribution in [2.24, 2.45) is 0 Å². The van der Waals surface area contributed by atoms with E-state index in [1.54, 1.807) is 6.20 Å². The largest absolute Gasteiger partial charge is 0.550 e. The summed E-state index contributed by atoms with van der Waals surface area (Å²) in [6, 6.07) is 27.0. The third-order valence-corrected chi connectivity index (χ3v) is 7.14. The minimum atomic E-state index is -0.355. The van der Waals surface area contributed by atoms with E-state index in [-0.39, 0.29) is 30.4 Å². The van der Waals surface area contributed by atoms with E-state index in [4.69, 9.17) is 14.1 Å². The molecule has 2 aliphatic heterocycles. The molecule has 3 heterocycles. The highest BCUT2D eigenvalue weighted by atomic mass is 16.5. The van der Waals surface area contributed by atoms with Crippen LogP contribution in [0.25, 0.3) is 10.9 Å². The quantitative estimate of drug-likeness (QED) is 0.382. The molecule has 3 aromatic carbocycles. The van der Waals surface area contributed by atoms with Crippen LogP contribution < -0.4 is 26.2 Å². The Balaban J connectivity index is 1.40. The first-order chi connectivity index (χ1) is 18.3. The normalized spacial score (nSPS) is 22.0. The van der Waals surface area contributed by atoms with Crippen molar-refractivity contribution in [3.63, 3.8) is 0 Å². The number of aromatic nitrogens is 1. The average molecular weight is 507 g/mol. The van der Waals surface area contributed by atoms with Crippen molar-refractivity contribution < 1.29 is 14.1 Å². The highest BCUT2D eigenvalue weighted by Gasteiger charge is 2.34. The van der Waals surface area contributed by atoms with Crippen LogP contribution in [0.15, 0.2) is 85.1 Å². The summed E-state index contributed by atoms with van der Waals surface area (Å²) in [5.74, 6) is 0.747. The van der Waals surface area contributed by atoms with Crippen molar-refractivity contribution in [1.29, 1.82) is 0 Å². The maximum Gasteiger partial charge on any atom is 0.426 e. The molecule has 6 nitrogen and oxygen atoms in total. The van der Waals surface area contributed by atoms with Crippen molar-refractivity contribution in [1.82, 2.24) is 15.6 Å². The van der Waals surface area contributed by atoms with Gasteiger partial charge in [0.15, 0.2) is 0 Å². The van der Waals surface area contributed by atoms with Crippen LogP contribution in [0.2, 0.25) is 0 Å². The molecule has 1 aromatic heterocycles. The van der Waals surface area contributed by atoms with E-state index in [1.807, 2.05) is 18.2 Å². The molecule has 4 aromatic rings. The van der Waals surface area contributed by atoms with Gasteiger partial charge in [0.1, 0.15) is 23.7 Å². The van der Waals surface area contributed by atoms with Crippen LogP contribution in [-0.4, -0.2) is 36.2 Å². The lowest BCUT2D eigenvalue weighted by Gasteiger charge is -2.22. The molecule has 2 unspecified atom stereocenters. The summed E-state index contributed by atoms with van der Waals surface area (Å²) in [6.45, 7) is 9.59. The number of para-hydroxylation sites is 1. The molecular formula is C31H34BN3O3. The predicted octanol–water partition coefficient (Wildman–Crippen LogP) is 4.21. The number of pyridine rings is 1. The second-order valence-corrected chi connectivity index (χ2v) is 11.6. The van der Waals surface area contributed by atoms with E-state index >= 15 is 0 Å². The van der Waals surface area contributed by atoms with Crippen LogP contribution >= 0.6 is 0 Å². The van der Waals surface area contributed by atoms with E-state index in [1.165, 1.54) is 0 Å². The molecule has 2 atom stereocenters. The standard InChI is InChI=1S/C31H34BN3O3/c1-30(2)19-36-28(34-30)22-10-5-13-24(17-22)32(38-26-15-7-9-21-12-8-16-33-27(21)26)25-14-6-11-23(18-25)29-35-31(3,4)20-37-29/h5-18,28-29,34-35H,19-20H2,1-4H3. The Hall–Kier alpha value is -3.23. The van der Waals surface area contributed by atoms with E-state index in [9.17, 15) is 0 Å². The SMILES string of the molecule is CC1(C)COC(c2cccc(B(Oc3cccc4cccnc34)c3cccc(C4NC(C)(C)CO4)c3)c2)N1. The monoisotopic (exact) mass is 507 g/mol. The first kappa shape index (κ1) is 25.1. The topological polar surface area (TPSA) is 64.6 Å². The summed E-state index contributed by atoms with van der Waals surface area (Å²) in [4.78, 5) is 4.63. The molecule has 2 saturated heterocycles. The molecule has 0 saturated carbocycles. The number of hydrogen-bond donors (Lipinski definition) is 2. The highest BCUT2D eigenvalue weighted by molar-refractivity contribution is 6.80. The van der Waals surface area contributed by atoms with Gasteiger partial charge in [0.05, 0.1) is 13.2 Å². The molecule has 6 rings (SSSR count). The van der Waals surface area contributed by atoms with Crippen LogP contribution in [0.4, 0.5) is 0 Å². The fraction of sp³-hybridized carbons (Fsp3) is 0.323. The maximum atomic E-state index is 6.83. The molecule has 2 N–H and O–H groups in total. The second kappa shape index (κ2) is 9.82. The Morgan fingerprint density at radius 3 is 1.87 bits per heavy atom. The van der Waals surface area contributed by atoms with Gasteiger partial charge in [-0.15, -0.1) is 0 Å². The van der Waals surface area contributed by atoms with E-state index in [0.717, 1.165) is 38.7 Å². The molecule has 7 heteroatoms. The Morgan fingerprint density at radius 2 is 1.32 bits per heavy atom. The van der Waals surface area contributed by atoms with Crippen molar-refractivity contribution in [2.75, 3.05) is 13.2 Å². The van der Waals surface area contributed by atoms with Gasteiger partial charge in [0.25, 0.3) is 0 Å². The molecule has 0 radical (unpaired) electrons.